The molecule has 0 radical (unpaired) electrons. The highest BCUT2D eigenvalue weighted by atomic mass is 16.5. The molecule has 0 bridgehead atoms. The first-order valence-electron chi connectivity index (χ1n) is 1.93. The second-order valence-corrected chi connectivity index (χ2v) is 1.36. The average Bonchev–Trinajstić information content (AvgIpc) is 1.65. The third-order valence-corrected chi connectivity index (χ3v) is 0.540. The predicted octanol–water partition coefficient (Wildman–Crippen LogP) is 0.951. The first-order valence-corrected chi connectivity index (χ1v) is 1.93. The first kappa shape index (κ1) is 10.3. The number of rotatable bonds is 0. The molecule has 0 aromatic rings. The summed E-state index contributed by atoms with van der Waals surface area (Å²) >= 11 is 0. The number of ether oxygens (including phenoxy) is 1. The first-order chi connectivity index (χ1) is 3.18. The topological polar surface area (TPSA) is 29.5 Å². The van der Waals surface area contributed by atoms with Gasteiger partial charge in [0.15, 0.2) is 0 Å². The zero-order valence-electron chi connectivity index (χ0n) is 4.76. The Balaban J connectivity index is 0. The van der Waals surface area contributed by atoms with Crippen LogP contribution in [-0.4, -0.2) is 32.2 Å². The van der Waals surface area contributed by atoms with Crippen LogP contribution in [0.2, 0.25) is 0 Å². The molecule has 0 saturated heterocycles. The van der Waals surface area contributed by atoms with Gasteiger partial charge in [-0.3, -0.25) is 0 Å². The molecular formula is C5H13NO2. The van der Waals surface area contributed by atoms with Crippen LogP contribution in [0.25, 0.3) is 0 Å². The second-order valence-electron chi connectivity index (χ2n) is 1.36. The molecule has 1 amide bonds. The van der Waals surface area contributed by atoms with Gasteiger partial charge in [0.25, 0.3) is 0 Å². The summed E-state index contributed by atoms with van der Waals surface area (Å²) in [7, 11) is 4.61. The predicted molar refractivity (Wildman–Crippen MR) is 32.8 cm³/mol. The van der Waals surface area contributed by atoms with Gasteiger partial charge >= 0.3 is 6.09 Å². The summed E-state index contributed by atoms with van der Waals surface area (Å²) < 4.78 is 4.30. The Morgan fingerprint density at radius 2 is 1.88 bits per heavy atom. The average molecular weight is 119 g/mol. The van der Waals surface area contributed by atoms with Gasteiger partial charge in [0.05, 0.1) is 7.11 Å². The van der Waals surface area contributed by atoms with E-state index in [1.54, 1.807) is 14.1 Å². The minimum atomic E-state index is -0.319. The summed E-state index contributed by atoms with van der Waals surface area (Å²) in [5.41, 5.74) is 0. The standard InChI is InChI=1S/C4H9NO2.CH4/c1-5(2)4(6)7-3;/h1-3H3;1H4. The quantitative estimate of drug-likeness (QED) is 0.475. The van der Waals surface area contributed by atoms with E-state index in [1.807, 2.05) is 0 Å². The zero-order chi connectivity index (χ0) is 5.86. The van der Waals surface area contributed by atoms with Crippen LogP contribution < -0.4 is 0 Å². The van der Waals surface area contributed by atoms with Crippen LogP contribution in [-0.2, 0) is 4.74 Å². The van der Waals surface area contributed by atoms with Crippen molar-refractivity contribution in [1.29, 1.82) is 0 Å². The van der Waals surface area contributed by atoms with Crippen LogP contribution in [0.1, 0.15) is 7.43 Å². The van der Waals surface area contributed by atoms with Gasteiger partial charge < -0.3 is 9.64 Å². The Bertz CT molecular complexity index is 70.8. The Morgan fingerprint density at radius 3 is 1.88 bits per heavy atom. The van der Waals surface area contributed by atoms with Crippen LogP contribution in [0.5, 0.6) is 0 Å². The van der Waals surface area contributed by atoms with Gasteiger partial charge in [0.1, 0.15) is 0 Å². The molecule has 0 atom stereocenters. The van der Waals surface area contributed by atoms with E-state index in [9.17, 15) is 4.79 Å². The van der Waals surface area contributed by atoms with Crippen molar-refractivity contribution in [2.45, 2.75) is 7.43 Å². The van der Waals surface area contributed by atoms with Crippen LogP contribution >= 0.6 is 0 Å². The van der Waals surface area contributed by atoms with Crippen LogP contribution in [0.4, 0.5) is 4.79 Å². The molecule has 0 unspecified atom stereocenters. The Hall–Kier alpha value is -0.730. The maximum absolute atomic E-state index is 10.2. The number of nitrogens with zero attached hydrogens (tertiary/aromatic N) is 1. The van der Waals surface area contributed by atoms with E-state index in [1.165, 1.54) is 12.0 Å². The minimum absolute atomic E-state index is 0. The van der Waals surface area contributed by atoms with Gasteiger partial charge in [0.2, 0.25) is 0 Å². The molecule has 0 aromatic carbocycles. The Kier molecular flexibility index (Phi) is 5.70. The maximum atomic E-state index is 10.2. The molecule has 50 valence electrons. The van der Waals surface area contributed by atoms with Crippen molar-refractivity contribution in [3.05, 3.63) is 0 Å². The molecule has 3 nitrogen and oxygen atoms in total. The molecule has 8 heavy (non-hydrogen) atoms. The van der Waals surface area contributed by atoms with Gasteiger partial charge in [-0.15, -0.1) is 0 Å². The maximum Gasteiger partial charge on any atom is 0.408 e. The van der Waals surface area contributed by atoms with E-state index in [4.69, 9.17) is 0 Å². The van der Waals surface area contributed by atoms with Gasteiger partial charge in [-0.1, -0.05) is 7.43 Å². The summed E-state index contributed by atoms with van der Waals surface area (Å²) in [5, 5.41) is 0. The number of carbonyl (C=O) groups is 1. The van der Waals surface area contributed by atoms with E-state index in [-0.39, 0.29) is 13.5 Å². The monoisotopic (exact) mass is 119 g/mol. The summed E-state index contributed by atoms with van der Waals surface area (Å²) in [6, 6.07) is 0. The van der Waals surface area contributed by atoms with Crippen LogP contribution in [0.15, 0.2) is 0 Å². The molecule has 0 aliphatic heterocycles. The molecule has 0 saturated carbocycles. The smallest absolute Gasteiger partial charge is 0.408 e. The number of hydrogen-bond donors (Lipinski definition) is 0. The third kappa shape index (κ3) is 3.46. The highest BCUT2D eigenvalue weighted by Crippen LogP contribution is 1.78. The molecule has 3 heteroatoms. The molecule has 0 fully saturated rings. The van der Waals surface area contributed by atoms with Crippen LogP contribution in [0, 0.1) is 0 Å². The van der Waals surface area contributed by atoms with E-state index in [0.717, 1.165) is 0 Å². The van der Waals surface area contributed by atoms with E-state index < -0.39 is 0 Å². The van der Waals surface area contributed by atoms with Crippen molar-refractivity contribution in [3.63, 3.8) is 0 Å². The van der Waals surface area contributed by atoms with Crippen molar-refractivity contribution >= 4 is 6.09 Å². The van der Waals surface area contributed by atoms with Crippen molar-refractivity contribution in [2.75, 3.05) is 21.2 Å². The Labute approximate surface area is 50.2 Å². The molecule has 0 aliphatic carbocycles. The van der Waals surface area contributed by atoms with Crippen molar-refractivity contribution in [2.24, 2.45) is 0 Å². The summed E-state index contributed by atoms with van der Waals surface area (Å²) in [6.07, 6.45) is -0.319. The van der Waals surface area contributed by atoms with Crippen LogP contribution in [0.3, 0.4) is 0 Å². The van der Waals surface area contributed by atoms with E-state index in [2.05, 4.69) is 4.74 Å². The fraction of sp³-hybridized carbons (Fsp3) is 0.800. The normalized spacial score (nSPS) is 6.88. The summed E-state index contributed by atoms with van der Waals surface area (Å²) in [5.74, 6) is 0. The molecule has 0 aliphatic rings. The third-order valence-electron chi connectivity index (χ3n) is 0.540. The largest absolute Gasteiger partial charge is 0.453 e. The minimum Gasteiger partial charge on any atom is -0.453 e. The molecule has 0 rings (SSSR count). The lowest BCUT2D eigenvalue weighted by Gasteiger charge is -2.05. The fourth-order valence-electron chi connectivity index (χ4n) is 0.183. The van der Waals surface area contributed by atoms with E-state index >= 15 is 0 Å². The number of hydrogen-bond acceptors (Lipinski definition) is 2. The molecule has 0 N–H and O–H groups in total. The van der Waals surface area contributed by atoms with Gasteiger partial charge in [0, 0.05) is 14.1 Å². The molecule has 0 heterocycles. The summed E-state index contributed by atoms with van der Waals surface area (Å²) in [4.78, 5) is 11.6. The van der Waals surface area contributed by atoms with E-state index in [0.29, 0.717) is 0 Å². The number of carbonyl (C=O) groups excluding carboxylic acids is 1. The molecular weight excluding hydrogens is 106 g/mol. The molecule has 0 spiro atoms. The number of methoxy groups -OCH3 is 1. The van der Waals surface area contributed by atoms with Crippen molar-refractivity contribution in [3.8, 4) is 0 Å². The lowest BCUT2D eigenvalue weighted by molar-refractivity contribution is 0.141. The highest BCUT2D eigenvalue weighted by Gasteiger charge is 1.97. The molecule has 0 aromatic heterocycles. The van der Waals surface area contributed by atoms with Gasteiger partial charge in [-0.25, -0.2) is 4.79 Å². The highest BCUT2D eigenvalue weighted by molar-refractivity contribution is 5.66. The second kappa shape index (κ2) is 4.43. The zero-order valence-corrected chi connectivity index (χ0v) is 4.76. The van der Waals surface area contributed by atoms with Gasteiger partial charge in [-0.05, 0) is 0 Å². The lowest BCUT2D eigenvalue weighted by Crippen LogP contribution is -2.20. The fourth-order valence-corrected chi connectivity index (χ4v) is 0.183. The van der Waals surface area contributed by atoms with Crippen molar-refractivity contribution in [1.82, 2.24) is 4.90 Å². The lowest BCUT2D eigenvalue weighted by atomic mass is 10.9. The SMILES string of the molecule is C.COC(=O)N(C)C. The number of amides is 1. The summed E-state index contributed by atoms with van der Waals surface area (Å²) in [6.45, 7) is 0. The Morgan fingerprint density at radius 1 is 1.50 bits per heavy atom. The van der Waals surface area contributed by atoms with Crippen molar-refractivity contribution < 1.29 is 9.53 Å². The van der Waals surface area contributed by atoms with Gasteiger partial charge in [-0.2, -0.15) is 0 Å².